The van der Waals surface area contributed by atoms with Gasteiger partial charge in [0, 0.05) is 37.7 Å². The molecule has 1 aromatic carbocycles. The van der Waals surface area contributed by atoms with Gasteiger partial charge in [0.25, 0.3) is 0 Å². The van der Waals surface area contributed by atoms with Gasteiger partial charge >= 0.3 is 6.03 Å². The van der Waals surface area contributed by atoms with Crippen molar-refractivity contribution in [3.63, 3.8) is 0 Å². The number of hydrogen-bond acceptors (Lipinski definition) is 5. The predicted octanol–water partition coefficient (Wildman–Crippen LogP) is 0.711. The summed E-state index contributed by atoms with van der Waals surface area (Å²) >= 11 is 5.79. The molecule has 1 heterocycles. The first-order chi connectivity index (χ1) is 11.6. The Bertz CT molecular complexity index is 495. The summed E-state index contributed by atoms with van der Waals surface area (Å²) in [4.78, 5) is 13.6. The van der Waals surface area contributed by atoms with Crippen LogP contribution in [0.15, 0.2) is 24.3 Å². The van der Waals surface area contributed by atoms with Crippen molar-refractivity contribution in [1.29, 1.82) is 0 Å². The maximum Gasteiger partial charge on any atom is 0.317 e. The van der Waals surface area contributed by atoms with Gasteiger partial charge in [-0.2, -0.15) is 0 Å². The number of rotatable bonds is 8. The number of carbonyl (C=O) groups excluding carboxylic acids is 1. The number of aliphatic hydroxyl groups is 1. The van der Waals surface area contributed by atoms with Crippen LogP contribution in [0.1, 0.15) is 0 Å². The summed E-state index contributed by atoms with van der Waals surface area (Å²) in [7, 11) is 0. The molecule has 2 amide bonds. The van der Waals surface area contributed by atoms with Gasteiger partial charge in [0.1, 0.15) is 18.5 Å². The lowest BCUT2D eigenvalue weighted by Crippen LogP contribution is -2.47. The summed E-state index contributed by atoms with van der Waals surface area (Å²) in [5.74, 6) is 0.663. The number of benzene rings is 1. The van der Waals surface area contributed by atoms with Gasteiger partial charge in [-0.25, -0.2) is 4.79 Å². The molecule has 1 fully saturated rings. The van der Waals surface area contributed by atoms with E-state index >= 15 is 0 Å². The number of nitrogens with zero attached hydrogens (tertiary/aromatic N) is 1. The Morgan fingerprint density at radius 2 is 2.00 bits per heavy atom. The minimum absolute atomic E-state index is 0.0771. The summed E-state index contributed by atoms with van der Waals surface area (Å²) in [6, 6.07) is 6.90. The summed E-state index contributed by atoms with van der Waals surface area (Å²) in [5.41, 5.74) is 0. The van der Waals surface area contributed by atoms with Crippen molar-refractivity contribution in [3.05, 3.63) is 29.3 Å². The second-order valence-corrected chi connectivity index (χ2v) is 5.89. The topological polar surface area (TPSA) is 83.1 Å². The van der Waals surface area contributed by atoms with Crippen LogP contribution in [0.4, 0.5) is 4.79 Å². The lowest BCUT2D eigenvalue weighted by molar-refractivity contribution is 0.0532. The molecule has 1 aromatic rings. The molecule has 3 N–H and O–H groups in total. The Balaban J connectivity index is 1.50. The Kier molecular flexibility index (Phi) is 8.11. The van der Waals surface area contributed by atoms with Crippen LogP contribution in [0.25, 0.3) is 0 Å². The van der Waals surface area contributed by atoms with Gasteiger partial charge in [-0.05, 0) is 24.3 Å². The first-order valence-electron chi connectivity index (χ1n) is 8.03. The van der Waals surface area contributed by atoms with Gasteiger partial charge in [0.05, 0.1) is 13.2 Å². The summed E-state index contributed by atoms with van der Waals surface area (Å²) in [6.07, 6.45) is -0.629. The van der Waals surface area contributed by atoms with Gasteiger partial charge in [0.15, 0.2) is 0 Å². The Morgan fingerprint density at radius 1 is 1.29 bits per heavy atom. The Hall–Kier alpha value is -1.54. The highest BCUT2D eigenvalue weighted by Gasteiger charge is 2.15. The third-order valence-corrected chi connectivity index (χ3v) is 3.76. The van der Waals surface area contributed by atoms with Crippen molar-refractivity contribution >= 4 is 17.6 Å². The number of hydrogen-bond donors (Lipinski definition) is 3. The van der Waals surface area contributed by atoms with Crippen molar-refractivity contribution in [2.75, 3.05) is 52.5 Å². The zero-order valence-corrected chi connectivity index (χ0v) is 14.3. The van der Waals surface area contributed by atoms with Gasteiger partial charge in [0.2, 0.25) is 0 Å². The second kappa shape index (κ2) is 10.4. The molecule has 0 bridgehead atoms. The van der Waals surface area contributed by atoms with E-state index in [4.69, 9.17) is 21.1 Å². The molecule has 7 nitrogen and oxygen atoms in total. The fraction of sp³-hybridized carbons (Fsp3) is 0.562. The van der Waals surface area contributed by atoms with Crippen LogP contribution in [0.3, 0.4) is 0 Å². The van der Waals surface area contributed by atoms with Crippen LogP contribution < -0.4 is 15.4 Å². The van der Waals surface area contributed by atoms with Crippen molar-refractivity contribution in [2.45, 2.75) is 6.10 Å². The molecule has 0 aromatic heterocycles. The molecule has 0 radical (unpaired) electrons. The van der Waals surface area contributed by atoms with Gasteiger partial charge in [-0.3, -0.25) is 0 Å². The van der Waals surface area contributed by atoms with Gasteiger partial charge < -0.3 is 30.1 Å². The summed E-state index contributed by atoms with van der Waals surface area (Å²) in [6.45, 7) is 4.09. The molecule has 1 saturated heterocycles. The third kappa shape index (κ3) is 6.92. The molecule has 0 saturated carbocycles. The van der Waals surface area contributed by atoms with E-state index in [9.17, 15) is 9.90 Å². The number of amides is 2. The fourth-order valence-electron chi connectivity index (χ4n) is 2.19. The molecule has 1 atom stereocenters. The molecule has 134 valence electrons. The van der Waals surface area contributed by atoms with Crippen molar-refractivity contribution in [1.82, 2.24) is 15.5 Å². The van der Waals surface area contributed by atoms with Gasteiger partial charge in [-0.1, -0.05) is 11.6 Å². The third-order valence-electron chi connectivity index (χ3n) is 3.51. The zero-order chi connectivity index (χ0) is 17.2. The van der Waals surface area contributed by atoms with E-state index in [1.54, 1.807) is 29.2 Å². The number of morpholine rings is 1. The van der Waals surface area contributed by atoms with E-state index in [-0.39, 0.29) is 12.6 Å². The number of ether oxygens (including phenoxy) is 2. The normalized spacial score (nSPS) is 15.8. The maximum atomic E-state index is 11.8. The average Bonchev–Trinajstić information content (AvgIpc) is 2.61. The number of halogens is 1. The van der Waals surface area contributed by atoms with E-state index in [2.05, 4.69) is 10.6 Å². The number of aliphatic hydroxyl groups excluding tert-OH is 1. The first kappa shape index (κ1) is 18.8. The molecular formula is C16H24ClN3O4. The second-order valence-electron chi connectivity index (χ2n) is 5.45. The van der Waals surface area contributed by atoms with E-state index in [1.165, 1.54) is 0 Å². The van der Waals surface area contributed by atoms with Crippen LogP contribution in [-0.2, 0) is 4.74 Å². The van der Waals surface area contributed by atoms with Crippen molar-refractivity contribution in [3.8, 4) is 5.75 Å². The molecule has 0 spiro atoms. The monoisotopic (exact) mass is 357 g/mol. The molecule has 0 aliphatic carbocycles. The SMILES string of the molecule is O=C(NCCNC[C@H](O)COc1ccc(Cl)cc1)N1CCOCC1. The van der Waals surface area contributed by atoms with E-state index in [0.717, 1.165) is 0 Å². The van der Waals surface area contributed by atoms with E-state index < -0.39 is 6.10 Å². The predicted molar refractivity (Wildman–Crippen MR) is 91.6 cm³/mol. The molecule has 2 rings (SSSR count). The van der Waals surface area contributed by atoms with Crippen LogP contribution >= 0.6 is 11.6 Å². The van der Waals surface area contributed by atoms with Crippen LogP contribution in [0.2, 0.25) is 5.02 Å². The Labute approximate surface area is 146 Å². The van der Waals surface area contributed by atoms with Crippen LogP contribution in [-0.4, -0.2) is 74.7 Å². The van der Waals surface area contributed by atoms with E-state index in [0.29, 0.717) is 56.7 Å². The highest BCUT2D eigenvalue weighted by molar-refractivity contribution is 6.30. The fourth-order valence-corrected chi connectivity index (χ4v) is 2.31. The smallest absolute Gasteiger partial charge is 0.317 e. The molecule has 24 heavy (non-hydrogen) atoms. The lowest BCUT2D eigenvalue weighted by Gasteiger charge is -2.27. The minimum Gasteiger partial charge on any atom is -0.491 e. The maximum absolute atomic E-state index is 11.8. The zero-order valence-electron chi connectivity index (χ0n) is 13.5. The molecule has 1 aliphatic rings. The van der Waals surface area contributed by atoms with Crippen LogP contribution in [0, 0.1) is 0 Å². The van der Waals surface area contributed by atoms with Crippen molar-refractivity contribution < 1.29 is 19.4 Å². The average molecular weight is 358 g/mol. The molecular weight excluding hydrogens is 334 g/mol. The number of nitrogens with one attached hydrogen (secondary N) is 2. The molecule has 0 unspecified atom stereocenters. The summed E-state index contributed by atoms with van der Waals surface area (Å²) in [5, 5.41) is 16.4. The number of urea groups is 1. The van der Waals surface area contributed by atoms with Gasteiger partial charge in [-0.15, -0.1) is 0 Å². The van der Waals surface area contributed by atoms with Crippen molar-refractivity contribution in [2.24, 2.45) is 0 Å². The van der Waals surface area contributed by atoms with Crippen LogP contribution in [0.5, 0.6) is 5.75 Å². The molecule has 8 heteroatoms. The lowest BCUT2D eigenvalue weighted by atomic mass is 10.3. The van der Waals surface area contributed by atoms with E-state index in [1.807, 2.05) is 0 Å². The minimum atomic E-state index is -0.629. The highest BCUT2D eigenvalue weighted by atomic mass is 35.5. The first-order valence-corrected chi connectivity index (χ1v) is 8.40. The summed E-state index contributed by atoms with van der Waals surface area (Å²) < 4.78 is 10.7. The molecule has 1 aliphatic heterocycles. The Morgan fingerprint density at radius 3 is 2.71 bits per heavy atom. The standard InChI is InChI=1S/C16H24ClN3O4/c17-13-1-3-15(4-2-13)24-12-14(21)11-18-5-6-19-16(22)20-7-9-23-10-8-20/h1-4,14,18,21H,5-12H2,(H,19,22)/t14-/m0/s1. The highest BCUT2D eigenvalue weighted by Crippen LogP contribution is 2.15. The largest absolute Gasteiger partial charge is 0.491 e. The number of carbonyl (C=O) groups is 1. The quantitative estimate of drug-likeness (QED) is 0.597.